The van der Waals surface area contributed by atoms with Crippen molar-refractivity contribution >= 4 is 71.5 Å². The predicted molar refractivity (Wildman–Crippen MR) is 464 cm³/mol. The standard InChI is InChI=1S/2C22H24N3.2C19H18N3.C17H20N3/c1-14(2)17-7-8-19-18(12-17)10-11-24(5)22(19)21-15(3)6-9-20-23-13-16(4)25(20)21;1-14(2)18-8-7-17-10-11-24(5)22(19(17)12-18)21-15(3)6-9-20-23-13-16(4)25(20)21;1-13-8-11-18-20-12-14(2)22(18)19(13)17-10-9-15-6-4-5-7-16(15)21(17)3;1-13-8-9-18-20-11-14(2)22(18)19(13)17-10-15-6-4-5-7-16(15)12-21(17)3;1-11-6-7-16-18-9-14(4)20(16)17(11)15-8-12(2)13(3)10-19(15)5/h2*6-14H,1-5H3;2*4-12H,1-3H3;6-10H,1-5H3/q5*+1. The minimum Gasteiger partial charge on any atom is -0.291 e. The summed E-state index contributed by atoms with van der Waals surface area (Å²) in [6, 6.07) is 65.1. The van der Waals surface area contributed by atoms with Crippen LogP contribution in [0.1, 0.15) is 118 Å². The number of hydrogen-bond acceptors (Lipinski definition) is 5. The number of hydrogen-bond donors (Lipinski definition) is 0. The van der Waals surface area contributed by atoms with Crippen LogP contribution in [-0.4, -0.2) is 46.9 Å². The third-order valence-electron chi connectivity index (χ3n) is 22.9. The number of imidazole rings is 5. The molecule has 0 spiro atoms. The van der Waals surface area contributed by atoms with Crippen LogP contribution in [0.25, 0.3) is 128 Å². The monoisotopic (exact) mass is 1500 g/mol. The Morgan fingerprint density at radius 3 is 1.13 bits per heavy atom. The number of rotatable bonds is 7. The van der Waals surface area contributed by atoms with Gasteiger partial charge in [-0.1, -0.05) is 113 Å². The molecule has 114 heavy (non-hydrogen) atoms. The van der Waals surface area contributed by atoms with Gasteiger partial charge in [0.15, 0.2) is 24.8 Å². The molecule has 0 bridgehead atoms. The molecule has 0 saturated heterocycles. The smallest absolute Gasteiger partial charge is 0.237 e. The number of pyridine rings is 10. The second-order valence-electron chi connectivity index (χ2n) is 31.7. The Balaban J connectivity index is 0.000000113. The normalized spacial score (nSPS) is 11.5. The first kappa shape index (κ1) is 76.5. The maximum atomic E-state index is 4.55. The minimum atomic E-state index is 0.509. The van der Waals surface area contributed by atoms with Gasteiger partial charge in [-0.05, 0) is 216 Å². The first-order chi connectivity index (χ1) is 54.7. The molecule has 0 atom stereocenters. The number of aromatic nitrogens is 15. The fourth-order valence-electron chi connectivity index (χ4n) is 16.4. The molecule has 570 valence electrons. The number of nitrogens with zero attached hydrogens (tertiary/aromatic N) is 15. The summed E-state index contributed by atoms with van der Waals surface area (Å²) in [4.78, 5) is 22.6. The zero-order valence-electron chi connectivity index (χ0n) is 69.9. The largest absolute Gasteiger partial charge is 0.291 e. The summed E-state index contributed by atoms with van der Waals surface area (Å²) in [5.41, 5.74) is 35.8. The van der Waals surface area contributed by atoms with Crippen LogP contribution in [-0.2, 0) is 35.2 Å². The third kappa shape index (κ3) is 14.1. The van der Waals surface area contributed by atoms with Crippen LogP contribution < -0.4 is 22.8 Å². The lowest BCUT2D eigenvalue weighted by Gasteiger charge is -2.13. The fourth-order valence-corrected chi connectivity index (χ4v) is 16.4. The molecule has 0 N–H and O–H groups in total. The molecule has 0 fully saturated rings. The molecule has 19 rings (SSSR count). The van der Waals surface area contributed by atoms with Gasteiger partial charge in [0, 0.05) is 112 Å². The highest BCUT2D eigenvalue weighted by molar-refractivity contribution is 5.95. The molecule has 15 aromatic heterocycles. The molecule has 15 heterocycles. The molecular formula is C99H104N15+5. The van der Waals surface area contributed by atoms with Gasteiger partial charge in [0.2, 0.25) is 34.0 Å². The molecule has 15 nitrogen and oxygen atoms in total. The Labute approximate surface area is 668 Å². The van der Waals surface area contributed by atoms with Crippen LogP contribution in [0.5, 0.6) is 0 Å². The minimum absolute atomic E-state index is 0.509. The van der Waals surface area contributed by atoms with E-state index in [1.807, 2.05) is 31.0 Å². The summed E-state index contributed by atoms with van der Waals surface area (Å²) in [6.45, 7) is 34.6. The van der Waals surface area contributed by atoms with Crippen molar-refractivity contribution in [1.82, 2.24) is 46.9 Å². The molecule has 19 aromatic rings. The maximum Gasteiger partial charge on any atom is 0.237 e. The molecule has 0 unspecified atom stereocenters. The molecule has 0 aliphatic rings. The van der Waals surface area contributed by atoms with Crippen molar-refractivity contribution in [2.75, 3.05) is 0 Å². The van der Waals surface area contributed by atoms with Gasteiger partial charge < -0.3 is 0 Å². The van der Waals surface area contributed by atoms with Gasteiger partial charge in [-0.2, -0.15) is 22.8 Å². The van der Waals surface area contributed by atoms with E-state index in [0.29, 0.717) is 11.8 Å². The second kappa shape index (κ2) is 31.0. The number of aryl methyl sites for hydroxylation is 17. The van der Waals surface area contributed by atoms with Crippen LogP contribution >= 0.6 is 0 Å². The van der Waals surface area contributed by atoms with Crippen LogP contribution in [0.15, 0.2) is 238 Å². The molecule has 0 radical (unpaired) electrons. The molecular weight excluding hydrogens is 1400 g/mol. The van der Waals surface area contributed by atoms with Crippen molar-refractivity contribution in [3.63, 3.8) is 0 Å². The van der Waals surface area contributed by atoms with Gasteiger partial charge >= 0.3 is 0 Å². The molecule has 15 heteroatoms. The maximum absolute atomic E-state index is 4.55. The van der Waals surface area contributed by atoms with Crippen molar-refractivity contribution in [3.05, 3.63) is 316 Å². The van der Waals surface area contributed by atoms with Crippen molar-refractivity contribution in [1.29, 1.82) is 0 Å². The second-order valence-corrected chi connectivity index (χ2v) is 31.7. The number of benzene rings is 4. The quantitative estimate of drug-likeness (QED) is 0.148. The average Bonchev–Trinajstić information content (AvgIpc) is 1.36. The van der Waals surface area contributed by atoms with E-state index in [9.17, 15) is 0 Å². The number of fused-ring (bicyclic) bond motifs is 9. The van der Waals surface area contributed by atoms with Crippen LogP contribution in [0, 0.1) is 83.1 Å². The first-order valence-electron chi connectivity index (χ1n) is 39.5. The predicted octanol–water partition coefficient (Wildman–Crippen LogP) is 19.7. The van der Waals surface area contributed by atoms with E-state index in [2.05, 4.69) is 423 Å². The molecule has 0 saturated carbocycles. The lowest BCUT2D eigenvalue weighted by Crippen LogP contribution is -2.32. The lowest BCUT2D eigenvalue weighted by molar-refractivity contribution is -0.661. The van der Waals surface area contributed by atoms with Gasteiger partial charge in [0.05, 0.1) is 10.8 Å². The fraction of sp³-hybridized carbons (Fsp3) is 0.232. The SMILES string of the molecule is Cc1cc(-c2c(C)ccc3ncc(C)n23)[n+](C)cc1C.Cc1ccc2ncc(C)n2c1-c1c2cc(C(C)C)ccc2cc[n+]1C.Cc1ccc2ncc(C)n2c1-c1c2ccc(C(C)C)cc2cc[n+]1C.Cc1ccc2ncc(C)n2c1-c1cc2ccccc2c[n+]1C.Cc1ccc2ncc(C)n2c1-c1ccc2ccccc2[n+]1C. The Morgan fingerprint density at radius 1 is 0.272 bits per heavy atom. The van der Waals surface area contributed by atoms with E-state index < -0.39 is 0 Å². The van der Waals surface area contributed by atoms with Crippen molar-refractivity contribution in [2.45, 2.75) is 123 Å². The van der Waals surface area contributed by atoms with Gasteiger partial charge in [-0.25, -0.2) is 24.9 Å². The Hall–Kier alpha value is -12.9. The zero-order valence-corrected chi connectivity index (χ0v) is 69.9. The zero-order chi connectivity index (χ0) is 80.4. The van der Waals surface area contributed by atoms with Crippen LogP contribution in [0.3, 0.4) is 0 Å². The van der Waals surface area contributed by atoms with Crippen LogP contribution in [0.4, 0.5) is 0 Å². The van der Waals surface area contributed by atoms with E-state index in [4.69, 9.17) is 0 Å². The molecule has 4 aromatic carbocycles. The number of para-hydroxylation sites is 1. The summed E-state index contributed by atoms with van der Waals surface area (Å²) in [6.07, 6.45) is 18.4. The summed E-state index contributed by atoms with van der Waals surface area (Å²) in [7, 11) is 10.6. The third-order valence-corrected chi connectivity index (χ3v) is 22.9. The summed E-state index contributed by atoms with van der Waals surface area (Å²) >= 11 is 0. The topological polar surface area (TPSA) is 106 Å². The van der Waals surface area contributed by atoms with Gasteiger partial charge in [-0.15, -0.1) is 0 Å². The van der Waals surface area contributed by atoms with Gasteiger partial charge in [-0.3, -0.25) is 22.0 Å². The van der Waals surface area contributed by atoms with Gasteiger partial charge in [0.25, 0.3) is 0 Å². The average molecular weight is 1500 g/mol. The summed E-state index contributed by atoms with van der Waals surface area (Å²) < 4.78 is 22.3. The highest BCUT2D eigenvalue weighted by Crippen LogP contribution is 2.36. The van der Waals surface area contributed by atoms with E-state index in [0.717, 1.165) is 56.7 Å². The summed E-state index contributed by atoms with van der Waals surface area (Å²) in [5.74, 6) is 1.04. The Morgan fingerprint density at radius 2 is 0.649 bits per heavy atom. The molecule has 0 amide bonds. The first-order valence-corrected chi connectivity index (χ1v) is 39.5. The van der Waals surface area contributed by atoms with Gasteiger partial charge in [0.1, 0.15) is 91.9 Å². The Bertz CT molecular complexity index is 6880. The lowest BCUT2D eigenvalue weighted by atomic mass is 9.97. The molecule has 0 aliphatic carbocycles. The highest BCUT2D eigenvalue weighted by Gasteiger charge is 2.27. The van der Waals surface area contributed by atoms with Crippen molar-refractivity contribution < 1.29 is 22.8 Å². The highest BCUT2D eigenvalue weighted by atomic mass is 15.1. The van der Waals surface area contributed by atoms with Crippen molar-refractivity contribution in [2.24, 2.45) is 35.2 Å². The Kier molecular flexibility index (Phi) is 20.8. The summed E-state index contributed by atoms with van der Waals surface area (Å²) in [5, 5.41) is 8.88. The van der Waals surface area contributed by atoms with E-state index in [-0.39, 0.29) is 0 Å². The van der Waals surface area contributed by atoms with E-state index in [1.165, 1.54) is 150 Å². The van der Waals surface area contributed by atoms with E-state index >= 15 is 0 Å². The van der Waals surface area contributed by atoms with E-state index in [1.54, 1.807) is 0 Å². The molecule has 0 aliphatic heterocycles. The van der Waals surface area contributed by atoms with Crippen LogP contribution in [0.2, 0.25) is 0 Å². The van der Waals surface area contributed by atoms with Crippen molar-refractivity contribution in [3.8, 4) is 56.9 Å².